The summed E-state index contributed by atoms with van der Waals surface area (Å²) in [6.45, 7) is 10.3. The summed E-state index contributed by atoms with van der Waals surface area (Å²) >= 11 is 0. The van der Waals surface area contributed by atoms with Crippen molar-refractivity contribution in [1.29, 1.82) is 0 Å². The maximum Gasteiger partial charge on any atom is 0.128 e. The van der Waals surface area contributed by atoms with Crippen molar-refractivity contribution in [1.82, 2.24) is 0 Å². The molecule has 1 saturated heterocycles. The second kappa shape index (κ2) is 9.02. The molecule has 0 aromatic heterocycles. The zero-order valence-electron chi connectivity index (χ0n) is 14.7. The van der Waals surface area contributed by atoms with E-state index >= 15 is 0 Å². The van der Waals surface area contributed by atoms with Gasteiger partial charge in [-0.05, 0) is 23.8 Å². The molecule has 24 heavy (non-hydrogen) atoms. The minimum Gasteiger partial charge on any atom is -0.493 e. The Morgan fingerprint density at radius 3 is 2.79 bits per heavy atom. The number of hydrogen-bond acceptors (Lipinski definition) is 2. The van der Waals surface area contributed by atoms with Crippen LogP contribution in [-0.4, -0.2) is 46.0 Å². The topological polar surface area (TPSA) is 39.5 Å². The molecule has 2 aromatic carbocycles. The molecule has 0 unspecified atom stereocenters. The molecule has 0 radical (unpaired) electrons. The summed E-state index contributed by atoms with van der Waals surface area (Å²) < 4.78 is 11.3. The van der Waals surface area contributed by atoms with E-state index in [1.54, 1.807) is 4.90 Å². The van der Waals surface area contributed by atoms with E-state index < -0.39 is 0 Å². The Bertz CT molecular complexity index is 639. The first-order chi connectivity index (χ1) is 11.9. The Morgan fingerprint density at radius 2 is 1.96 bits per heavy atom. The molecule has 1 heterocycles. The monoisotopic (exact) mass is 330 g/mol. The van der Waals surface area contributed by atoms with Crippen molar-refractivity contribution in [3.8, 4) is 5.75 Å². The quantitative estimate of drug-likeness (QED) is 0.696. The Morgan fingerprint density at radius 1 is 1.12 bits per heavy atom. The summed E-state index contributed by atoms with van der Waals surface area (Å²) in [6, 6.07) is 12.9. The molecule has 0 bridgehead atoms. The number of quaternary nitrogens is 2. The number of hydrogen-bond donors (Lipinski definition) is 2. The molecular formula is C20H30N2O2+2. The first-order valence-corrected chi connectivity index (χ1v) is 9.25. The average molecular weight is 330 g/mol. The summed E-state index contributed by atoms with van der Waals surface area (Å²) in [5, 5.41) is 5.03. The second-order valence-corrected chi connectivity index (χ2v) is 6.44. The molecule has 2 aromatic rings. The number of nitrogens with one attached hydrogen (secondary N) is 1. The third-order valence-electron chi connectivity index (χ3n) is 4.78. The molecule has 0 aliphatic carbocycles. The fourth-order valence-electron chi connectivity index (χ4n) is 3.47. The van der Waals surface area contributed by atoms with Gasteiger partial charge in [-0.3, -0.25) is 0 Å². The Labute approximate surface area is 144 Å². The fraction of sp³-hybridized carbons (Fsp3) is 0.500. The van der Waals surface area contributed by atoms with Crippen molar-refractivity contribution >= 4 is 10.8 Å². The van der Waals surface area contributed by atoms with Gasteiger partial charge in [-0.2, -0.15) is 0 Å². The zero-order chi connectivity index (χ0) is 16.6. The van der Waals surface area contributed by atoms with Gasteiger partial charge in [0.05, 0.1) is 38.5 Å². The summed E-state index contributed by atoms with van der Waals surface area (Å²) in [5.41, 5.74) is 1.33. The lowest BCUT2D eigenvalue weighted by Gasteiger charge is -2.23. The van der Waals surface area contributed by atoms with Crippen molar-refractivity contribution < 1.29 is 19.7 Å². The van der Waals surface area contributed by atoms with Crippen LogP contribution in [0, 0.1) is 0 Å². The van der Waals surface area contributed by atoms with Gasteiger partial charge in [-0.1, -0.05) is 30.3 Å². The largest absolute Gasteiger partial charge is 0.493 e. The van der Waals surface area contributed by atoms with E-state index in [0.29, 0.717) is 6.61 Å². The molecule has 0 spiro atoms. The summed E-state index contributed by atoms with van der Waals surface area (Å²) in [7, 11) is 0. The van der Waals surface area contributed by atoms with Gasteiger partial charge in [0, 0.05) is 6.42 Å². The van der Waals surface area contributed by atoms with Crippen molar-refractivity contribution in [3.63, 3.8) is 0 Å². The lowest BCUT2D eigenvalue weighted by molar-refractivity contribution is -0.909. The highest BCUT2D eigenvalue weighted by Crippen LogP contribution is 2.27. The van der Waals surface area contributed by atoms with E-state index in [0.717, 1.165) is 38.6 Å². The van der Waals surface area contributed by atoms with Gasteiger partial charge < -0.3 is 19.7 Å². The van der Waals surface area contributed by atoms with Crippen LogP contribution in [0.3, 0.4) is 0 Å². The number of ether oxygens (including phenoxy) is 2. The maximum atomic E-state index is 5.86. The first kappa shape index (κ1) is 17.2. The number of rotatable bonds is 8. The predicted molar refractivity (Wildman–Crippen MR) is 96.6 cm³/mol. The minimum atomic E-state index is 0.714. The maximum absolute atomic E-state index is 5.86. The molecule has 3 N–H and O–H groups in total. The smallest absolute Gasteiger partial charge is 0.128 e. The summed E-state index contributed by atoms with van der Waals surface area (Å²) in [5.74, 6) is 1.03. The molecular weight excluding hydrogens is 300 g/mol. The summed E-state index contributed by atoms with van der Waals surface area (Å²) in [4.78, 5) is 1.69. The first-order valence-electron chi connectivity index (χ1n) is 9.25. The van der Waals surface area contributed by atoms with Gasteiger partial charge in [-0.25, -0.2) is 0 Å². The van der Waals surface area contributed by atoms with Crippen LogP contribution in [0.4, 0.5) is 0 Å². The third kappa shape index (κ3) is 4.47. The molecule has 4 heteroatoms. The molecule has 3 rings (SSSR count). The van der Waals surface area contributed by atoms with Crippen molar-refractivity contribution in [2.75, 3.05) is 46.0 Å². The van der Waals surface area contributed by atoms with E-state index in [2.05, 4.69) is 41.7 Å². The number of fused-ring (bicyclic) bond motifs is 1. The van der Waals surface area contributed by atoms with E-state index in [1.807, 2.05) is 6.92 Å². The molecule has 1 fully saturated rings. The van der Waals surface area contributed by atoms with Crippen molar-refractivity contribution in [3.05, 3.63) is 42.0 Å². The van der Waals surface area contributed by atoms with Crippen LogP contribution in [0.2, 0.25) is 0 Å². The third-order valence-corrected chi connectivity index (χ3v) is 4.78. The molecule has 130 valence electrons. The molecule has 0 atom stereocenters. The summed E-state index contributed by atoms with van der Waals surface area (Å²) in [6.07, 6.45) is 1.25. The van der Waals surface area contributed by atoms with E-state index in [1.165, 1.54) is 35.8 Å². The highest BCUT2D eigenvalue weighted by molar-refractivity contribution is 5.87. The lowest BCUT2D eigenvalue weighted by Crippen LogP contribution is -3.14. The highest BCUT2D eigenvalue weighted by atomic mass is 16.5. The molecule has 1 aliphatic heterocycles. The van der Waals surface area contributed by atoms with Gasteiger partial charge in [0.1, 0.15) is 25.4 Å². The zero-order valence-corrected chi connectivity index (χ0v) is 14.7. The molecule has 0 saturated carbocycles. The SMILES string of the molecule is CCOc1ccc2ccccc2c1C[NH2+]CCC[NH+]1CCOCC1. The highest BCUT2D eigenvalue weighted by Gasteiger charge is 2.14. The van der Waals surface area contributed by atoms with Gasteiger partial charge in [-0.15, -0.1) is 0 Å². The lowest BCUT2D eigenvalue weighted by atomic mass is 10.0. The van der Waals surface area contributed by atoms with E-state index in [4.69, 9.17) is 9.47 Å². The molecule has 1 aliphatic rings. The van der Waals surface area contributed by atoms with Crippen LogP contribution >= 0.6 is 0 Å². The second-order valence-electron chi connectivity index (χ2n) is 6.44. The fourth-order valence-corrected chi connectivity index (χ4v) is 3.47. The van der Waals surface area contributed by atoms with Crippen LogP contribution in [0.5, 0.6) is 5.75 Å². The van der Waals surface area contributed by atoms with Crippen LogP contribution in [0.25, 0.3) is 10.8 Å². The van der Waals surface area contributed by atoms with E-state index in [-0.39, 0.29) is 0 Å². The van der Waals surface area contributed by atoms with Crippen LogP contribution in [0.15, 0.2) is 36.4 Å². The van der Waals surface area contributed by atoms with Crippen LogP contribution < -0.4 is 15.0 Å². The van der Waals surface area contributed by atoms with Gasteiger partial charge >= 0.3 is 0 Å². The predicted octanol–water partition coefficient (Wildman–Crippen LogP) is 0.607. The molecule has 4 nitrogen and oxygen atoms in total. The van der Waals surface area contributed by atoms with E-state index in [9.17, 15) is 0 Å². The van der Waals surface area contributed by atoms with Crippen molar-refractivity contribution in [2.45, 2.75) is 19.9 Å². The number of nitrogens with two attached hydrogens (primary N) is 1. The van der Waals surface area contributed by atoms with Crippen molar-refractivity contribution in [2.24, 2.45) is 0 Å². The normalized spacial score (nSPS) is 15.7. The number of benzene rings is 2. The minimum absolute atomic E-state index is 0.714. The molecule has 0 amide bonds. The standard InChI is InChI=1S/C20H28N2O2/c1-2-24-20-9-8-17-6-3-4-7-18(17)19(20)16-21-10-5-11-22-12-14-23-15-13-22/h3-4,6-9,21H,2,5,10-16H2,1H3/p+2. The van der Waals surface area contributed by atoms with Gasteiger partial charge in [0.15, 0.2) is 0 Å². The Balaban J connectivity index is 1.56. The average Bonchev–Trinajstić information content (AvgIpc) is 2.64. The number of morpholine rings is 1. The van der Waals surface area contributed by atoms with Gasteiger partial charge in [0.2, 0.25) is 0 Å². The Hall–Kier alpha value is -1.62. The van der Waals surface area contributed by atoms with Crippen LogP contribution in [0.1, 0.15) is 18.9 Å². The van der Waals surface area contributed by atoms with Gasteiger partial charge in [0.25, 0.3) is 0 Å². The Kier molecular flexibility index (Phi) is 6.47. The van der Waals surface area contributed by atoms with Crippen LogP contribution in [-0.2, 0) is 11.3 Å².